The summed E-state index contributed by atoms with van der Waals surface area (Å²) in [5, 5.41) is 0. The number of aryl methyl sites for hydroxylation is 1. The molecule has 2 nitrogen and oxygen atoms in total. The highest BCUT2D eigenvalue weighted by atomic mass is 15.5. The Morgan fingerprint density at radius 3 is 2.06 bits per heavy atom. The molecule has 176 valence electrons. The molecule has 0 bridgehead atoms. The van der Waals surface area contributed by atoms with Crippen LogP contribution in [0.1, 0.15) is 105 Å². The highest BCUT2D eigenvalue weighted by molar-refractivity contribution is 5.59. The molecule has 2 unspecified atom stereocenters. The lowest BCUT2D eigenvalue weighted by molar-refractivity contribution is -0.0611. The third-order valence-corrected chi connectivity index (χ3v) is 9.71. The van der Waals surface area contributed by atoms with Gasteiger partial charge in [0.15, 0.2) is 0 Å². The molecular weight excluding hydrogens is 400 g/mol. The maximum Gasteiger partial charge on any atom is 0.0809 e. The van der Waals surface area contributed by atoms with Crippen molar-refractivity contribution in [1.82, 2.24) is 4.90 Å². The van der Waals surface area contributed by atoms with E-state index in [1.165, 1.54) is 75.3 Å². The molecule has 3 atom stereocenters. The van der Waals surface area contributed by atoms with E-state index >= 15 is 0 Å². The molecule has 33 heavy (non-hydrogen) atoms. The first-order valence-corrected chi connectivity index (χ1v) is 13.6. The van der Waals surface area contributed by atoms with Gasteiger partial charge in [-0.3, -0.25) is 4.90 Å². The number of rotatable bonds is 3. The maximum absolute atomic E-state index is 8.98. The fourth-order valence-electron chi connectivity index (χ4n) is 8.48. The molecule has 2 saturated carbocycles. The van der Waals surface area contributed by atoms with Gasteiger partial charge in [0.1, 0.15) is 0 Å². The van der Waals surface area contributed by atoms with Crippen molar-refractivity contribution in [3.05, 3.63) is 65.2 Å². The molecular formula is C31H42N2. The topological polar surface area (TPSA) is 6.48 Å². The number of para-hydroxylation sites is 1. The predicted octanol–water partition coefficient (Wildman–Crippen LogP) is 7.96. The Morgan fingerprint density at radius 1 is 0.818 bits per heavy atom. The van der Waals surface area contributed by atoms with Gasteiger partial charge in [-0.05, 0) is 81.0 Å². The SMILES string of the molecule is [2H]C([2H])([2H])C1N(c2ccccc2C)[C@@H](C)C2c3ccccc3C(C3CCCCC3)(C3CCCCC3)N21. The zero-order valence-electron chi connectivity index (χ0n) is 23.5. The molecule has 2 aromatic carbocycles. The molecule has 0 N–H and O–H groups in total. The minimum atomic E-state index is -2.11. The zero-order valence-corrected chi connectivity index (χ0v) is 20.5. The van der Waals surface area contributed by atoms with Crippen LogP contribution < -0.4 is 4.90 Å². The molecule has 2 heteroatoms. The minimum Gasteiger partial charge on any atom is -0.351 e. The van der Waals surface area contributed by atoms with Gasteiger partial charge in [-0.25, -0.2) is 0 Å². The normalized spacial score (nSPS) is 32.1. The average molecular weight is 446 g/mol. The number of anilines is 1. The number of benzene rings is 2. The highest BCUT2D eigenvalue weighted by Crippen LogP contribution is 2.64. The van der Waals surface area contributed by atoms with Gasteiger partial charge in [0.25, 0.3) is 0 Å². The Bertz CT molecular complexity index is 1070. The number of hydrogen-bond donors (Lipinski definition) is 0. The maximum atomic E-state index is 8.98. The molecule has 0 spiro atoms. The van der Waals surface area contributed by atoms with Crippen LogP contribution in [0.25, 0.3) is 0 Å². The van der Waals surface area contributed by atoms with Gasteiger partial charge in [0.2, 0.25) is 0 Å². The van der Waals surface area contributed by atoms with Crippen LogP contribution in [-0.2, 0) is 5.54 Å². The smallest absolute Gasteiger partial charge is 0.0809 e. The predicted molar refractivity (Wildman–Crippen MR) is 138 cm³/mol. The highest BCUT2D eigenvalue weighted by Gasteiger charge is 2.64. The second-order valence-corrected chi connectivity index (χ2v) is 11.2. The Morgan fingerprint density at radius 2 is 1.42 bits per heavy atom. The summed E-state index contributed by atoms with van der Waals surface area (Å²) in [6.45, 7) is 2.30. The summed E-state index contributed by atoms with van der Waals surface area (Å²) in [5.41, 5.74) is 4.92. The van der Waals surface area contributed by atoms with Crippen molar-refractivity contribution in [3.8, 4) is 0 Å². The number of fused-ring (bicyclic) bond motifs is 3. The fraction of sp³-hybridized carbons (Fsp3) is 0.613. The molecule has 1 saturated heterocycles. The van der Waals surface area contributed by atoms with Gasteiger partial charge in [-0.1, -0.05) is 81.0 Å². The summed E-state index contributed by atoms with van der Waals surface area (Å²) in [6.07, 6.45) is 12.0. The summed E-state index contributed by atoms with van der Waals surface area (Å²) in [5.74, 6) is 1.05. The molecule has 2 aromatic rings. The molecule has 0 aromatic heterocycles. The molecule has 2 aliphatic heterocycles. The van der Waals surface area contributed by atoms with Crippen molar-refractivity contribution in [1.29, 1.82) is 0 Å². The molecule has 0 radical (unpaired) electrons. The minimum absolute atomic E-state index is 0.0896. The molecule has 2 heterocycles. The van der Waals surface area contributed by atoms with Crippen LogP contribution >= 0.6 is 0 Å². The lowest BCUT2D eigenvalue weighted by Crippen LogP contribution is -2.57. The second-order valence-electron chi connectivity index (χ2n) is 11.2. The Kier molecular flexibility index (Phi) is 4.74. The van der Waals surface area contributed by atoms with Crippen LogP contribution in [0, 0.1) is 18.8 Å². The quantitative estimate of drug-likeness (QED) is 0.473. The van der Waals surface area contributed by atoms with Crippen molar-refractivity contribution in [3.63, 3.8) is 0 Å². The van der Waals surface area contributed by atoms with E-state index in [0.717, 1.165) is 11.3 Å². The summed E-state index contributed by atoms with van der Waals surface area (Å²) in [6, 6.07) is 17.7. The first-order valence-electron chi connectivity index (χ1n) is 15.1. The van der Waals surface area contributed by atoms with Crippen LogP contribution in [-0.4, -0.2) is 17.1 Å². The van der Waals surface area contributed by atoms with Crippen LogP contribution in [0.4, 0.5) is 5.69 Å². The van der Waals surface area contributed by atoms with Crippen LogP contribution in [0.5, 0.6) is 0 Å². The molecule has 6 rings (SSSR count). The monoisotopic (exact) mass is 445 g/mol. The van der Waals surface area contributed by atoms with E-state index in [9.17, 15) is 0 Å². The Balaban J connectivity index is 1.62. The van der Waals surface area contributed by atoms with Crippen molar-refractivity contribution in [2.24, 2.45) is 11.8 Å². The Labute approximate surface area is 205 Å². The van der Waals surface area contributed by atoms with E-state index in [1.54, 1.807) is 0 Å². The average Bonchev–Trinajstić information content (AvgIpc) is 3.36. The molecule has 4 aliphatic rings. The van der Waals surface area contributed by atoms with Crippen molar-refractivity contribution in [2.75, 3.05) is 4.90 Å². The number of hydrogen-bond acceptors (Lipinski definition) is 2. The largest absolute Gasteiger partial charge is 0.351 e. The number of nitrogens with zero attached hydrogens (tertiary/aromatic N) is 2. The summed E-state index contributed by atoms with van der Waals surface area (Å²) >= 11 is 0. The third kappa shape index (κ3) is 3.09. The van der Waals surface area contributed by atoms with Crippen molar-refractivity contribution < 1.29 is 4.11 Å². The van der Waals surface area contributed by atoms with E-state index in [-0.39, 0.29) is 17.6 Å². The van der Waals surface area contributed by atoms with Gasteiger partial charge in [0, 0.05) is 15.8 Å². The third-order valence-electron chi connectivity index (χ3n) is 9.71. The summed E-state index contributed by atoms with van der Waals surface area (Å²) in [7, 11) is 0. The van der Waals surface area contributed by atoms with Gasteiger partial charge in [-0.15, -0.1) is 0 Å². The van der Waals surface area contributed by atoms with Gasteiger partial charge >= 0.3 is 0 Å². The zero-order chi connectivity index (χ0) is 25.1. The van der Waals surface area contributed by atoms with Crippen LogP contribution in [0.3, 0.4) is 0 Å². The first kappa shape index (κ1) is 18.5. The van der Waals surface area contributed by atoms with E-state index in [2.05, 4.69) is 72.2 Å². The lowest BCUT2D eigenvalue weighted by Gasteiger charge is -2.54. The molecule has 3 fully saturated rings. The van der Waals surface area contributed by atoms with Crippen molar-refractivity contribution in [2.45, 2.75) is 109 Å². The van der Waals surface area contributed by atoms with E-state index in [0.29, 0.717) is 11.8 Å². The van der Waals surface area contributed by atoms with E-state index in [1.807, 2.05) is 0 Å². The van der Waals surface area contributed by atoms with Crippen LogP contribution in [0.2, 0.25) is 0 Å². The van der Waals surface area contributed by atoms with Gasteiger partial charge in [0.05, 0.1) is 17.7 Å². The van der Waals surface area contributed by atoms with Crippen LogP contribution in [0.15, 0.2) is 48.5 Å². The Hall–Kier alpha value is -1.80. The van der Waals surface area contributed by atoms with Gasteiger partial charge in [-0.2, -0.15) is 0 Å². The lowest BCUT2D eigenvalue weighted by atomic mass is 9.61. The summed E-state index contributed by atoms with van der Waals surface area (Å²) < 4.78 is 26.9. The van der Waals surface area contributed by atoms with Gasteiger partial charge < -0.3 is 4.90 Å². The van der Waals surface area contributed by atoms with E-state index in [4.69, 9.17) is 4.11 Å². The summed E-state index contributed by atoms with van der Waals surface area (Å²) in [4.78, 5) is 4.90. The molecule has 0 amide bonds. The first-order chi connectivity index (χ1) is 17.4. The standard InChI is InChI=1S/C31H42N2/c1-22-14-10-13-21-29(22)32-23(2)30-27-19-11-12-20-28(27)31(33(30)24(32)3,25-15-6-4-7-16-25)26-17-8-5-9-18-26/h10-14,19-21,23-26,30H,4-9,15-18H2,1-3H3/t23-,24?,30?/m0/s1/i3D3. The second kappa shape index (κ2) is 8.45. The molecule has 2 aliphatic carbocycles. The fourth-order valence-corrected chi connectivity index (χ4v) is 8.48. The van der Waals surface area contributed by atoms with E-state index < -0.39 is 13.0 Å². The van der Waals surface area contributed by atoms with Crippen molar-refractivity contribution >= 4 is 5.69 Å².